The number of amides is 1. The lowest BCUT2D eigenvalue weighted by Crippen LogP contribution is -2.30. The number of hydrogen-bond acceptors (Lipinski definition) is 4. The van der Waals surface area contributed by atoms with Crippen LogP contribution in [0.15, 0.2) is 53.1 Å². The zero-order valence-corrected chi connectivity index (χ0v) is 15.7. The molecule has 1 fully saturated rings. The summed E-state index contributed by atoms with van der Waals surface area (Å²) in [6.45, 7) is 4.36. The Balaban J connectivity index is 1.63. The van der Waals surface area contributed by atoms with E-state index in [2.05, 4.69) is 16.4 Å². The van der Waals surface area contributed by atoms with E-state index in [0.717, 1.165) is 54.5 Å². The monoisotopic (exact) mass is 364 g/mol. The van der Waals surface area contributed by atoms with Gasteiger partial charge in [0.05, 0.1) is 11.6 Å². The number of rotatable bonds is 5. The van der Waals surface area contributed by atoms with Gasteiger partial charge < -0.3 is 9.73 Å². The van der Waals surface area contributed by atoms with Crippen molar-refractivity contribution in [1.29, 1.82) is 0 Å². The maximum absolute atomic E-state index is 11.9. The molecule has 4 rings (SSSR count). The Bertz CT molecular complexity index is 929. The number of nitrogens with zero attached hydrogens (tertiary/aromatic N) is 3. The van der Waals surface area contributed by atoms with E-state index < -0.39 is 0 Å². The maximum Gasteiger partial charge on any atom is 0.224 e. The Morgan fingerprint density at radius 3 is 2.78 bits per heavy atom. The van der Waals surface area contributed by atoms with Crippen LogP contribution in [-0.4, -0.2) is 40.7 Å². The molecule has 0 spiro atoms. The summed E-state index contributed by atoms with van der Waals surface area (Å²) in [6, 6.07) is 14.0. The largest absolute Gasteiger partial charge is 0.460 e. The highest BCUT2D eigenvalue weighted by Crippen LogP contribution is 2.28. The van der Waals surface area contributed by atoms with E-state index in [0.29, 0.717) is 0 Å². The van der Waals surface area contributed by atoms with Crippen LogP contribution in [0.4, 0.5) is 0 Å². The molecular formula is C21H24N4O2. The Kier molecular flexibility index (Phi) is 4.81. The van der Waals surface area contributed by atoms with Gasteiger partial charge in [-0.25, -0.2) is 4.68 Å². The van der Waals surface area contributed by atoms with Gasteiger partial charge in [-0.05, 0) is 44.2 Å². The molecule has 2 aromatic heterocycles. The fourth-order valence-electron chi connectivity index (χ4n) is 3.64. The molecule has 1 aliphatic rings. The predicted molar refractivity (Wildman–Crippen MR) is 103 cm³/mol. The van der Waals surface area contributed by atoms with Gasteiger partial charge in [0, 0.05) is 31.9 Å². The van der Waals surface area contributed by atoms with Crippen LogP contribution >= 0.6 is 0 Å². The quantitative estimate of drug-likeness (QED) is 0.756. The minimum atomic E-state index is 0.0634. The van der Waals surface area contributed by atoms with Gasteiger partial charge in [-0.15, -0.1) is 0 Å². The van der Waals surface area contributed by atoms with Crippen molar-refractivity contribution < 1.29 is 9.21 Å². The Morgan fingerprint density at radius 1 is 1.26 bits per heavy atom. The molecule has 1 N–H and O–H groups in total. The van der Waals surface area contributed by atoms with Crippen molar-refractivity contribution in [2.24, 2.45) is 5.92 Å². The van der Waals surface area contributed by atoms with Crippen molar-refractivity contribution in [2.45, 2.75) is 19.9 Å². The predicted octanol–water partition coefficient (Wildman–Crippen LogP) is 3.01. The van der Waals surface area contributed by atoms with Crippen molar-refractivity contribution in [3.8, 4) is 17.1 Å². The first-order valence-electron chi connectivity index (χ1n) is 9.29. The molecule has 3 heterocycles. The van der Waals surface area contributed by atoms with Crippen molar-refractivity contribution in [3.63, 3.8) is 0 Å². The number of nitrogens with one attached hydrogen (secondary N) is 1. The summed E-state index contributed by atoms with van der Waals surface area (Å²) in [5.41, 5.74) is 2.97. The Labute approximate surface area is 158 Å². The molecule has 3 aromatic rings. The molecule has 27 heavy (non-hydrogen) atoms. The van der Waals surface area contributed by atoms with Gasteiger partial charge in [0.1, 0.15) is 11.5 Å². The third-order valence-corrected chi connectivity index (χ3v) is 5.07. The summed E-state index contributed by atoms with van der Waals surface area (Å²) in [5.74, 6) is 1.83. The normalized spacial score (nSPS) is 17.3. The summed E-state index contributed by atoms with van der Waals surface area (Å²) >= 11 is 0. The summed E-state index contributed by atoms with van der Waals surface area (Å²) in [6.07, 6.45) is 2.96. The number of carbonyl (C=O) groups is 1. The molecule has 6 nitrogen and oxygen atoms in total. The van der Waals surface area contributed by atoms with Gasteiger partial charge >= 0.3 is 0 Å². The molecule has 1 atom stereocenters. The van der Waals surface area contributed by atoms with E-state index in [1.807, 2.05) is 54.1 Å². The lowest BCUT2D eigenvalue weighted by Gasteiger charge is -2.15. The van der Waals surface area contributed by atoms with Crippen LogP contribution in [0.1, 0.15) is 17.7 Å². The highest BCUT2D eigenvalue weighted by atomic mass is 16.3. The molecular weight excluding hydrogens is 340 g/mol. The van der Waals surface area contributed by atoms with Crippen molar-refractivity contribution in [3.05, 3.63) is 60.0 Å². The number of carbonyl (C=O) groups excluding carboxylic acids is 1. The van der Waals surface area contributed by atoms with Gasteiger partial charge in [0.2, 0.25) is 5.91 Å². The van der Waals surface area contributed by atoms with Crippen LogP contribution in [0, 0.1) is 12.8 Å². The number of para-hydroxylation sites is 1. The smallest absolute Gasteiger partial charge is 0.224 e. The first-order valence-corrected chi connectivity index (χ1v) is 9.29. The molecule has 1 aliphatic heterocycles. The van der Waals surface area contributed by atoms with Gasteiger partial charge in [-0.3, -0.25) is 9.69 Å². The molecule has 0 aliphatic carbocycles. The third-order valence-electron chi connectivity index (χ3n) is 5.07. The van der Waals surface area contributed by atoms with Crippen LogP contribution in [0.5, 0.6) is 0 Å². The van der Waals surface area contributed by atoms with E-state index in [1.165, 1.54) is 0 Å². The molecule has 140 valence electrons. The van der Waals surface area contributed by atoms with Crippen molar-refractivity contribution >= 4 is 5.91 Å². The highest BCUT2D eigenvalue weighted by Gasteiger charge is 2.28. The van der Waals surface area contributed by atoms with Gasteiger partial charge in [0.15, 0.2) is 5.76 Å². The van der Waals surface area contributed by atoms with Gasteiger partial charge in [0.25, 0.3) is 0 Å². The second-order valence-electron chi connectivity index (χ2n) is 7.03. The minimum Gasteiger partial charge on any atom is -0.460 e. The topological polar surface area (TPSA) is 63.3 Å². The molecule has 0 saturated carbocycles. The standard InChI is InChI=1S/C21H24N4O2/c1-15-8-9-19(27-15)20-17(13-24-11-10-16(12-24)21(26)22-2)14-25(23-20)18-6-4-3-5-7-18/h3-9,14,16H,10-13H2,1-2H3,(H,22,26)/t16-/m1/s1. The molecule has 0 unspecified atom stereocenters. The van der Waals surface area contributed by atoms with Crippen LogP contribution in [-0.2, 0) is 11.3 Å². The van der Waals surface area contributed by atoms with Crippen LogP contribution < -0.4 is 5.32 Å². The van der Waals surface area contributed by atoms with E-state index >= 15 is 0 Å². The first-order chi connectivity index (χ1) is 13.1. The molecule has 1 saturated heterocycles. The summed E-state index contributed by atoms with van der Waals surface area (Å²) in [5, 5.41) is 7.55. The van der Waals surface area contributed by atoms with Crippen LogP contribution in [0.2, 0.25) is 0 Å². The highest BCUT2D eigenvalue weighted by molar-refractivity contribution is 5.78. The molecule has 1 aromatic carbocycles. The second kappa shape index (κ2) is 7.40. The fraction of sp³-hybridized carbons (Fsp3) is 0.333. The number of aromatic nitrogens is 2. The first kappa shape index (κ1) is 17.5. The number of aryl methyl sites for hydroxylation is 1. The lowest BCUT2D eigenvalue weighted by atomic mass is 10.1. The number of hydrogen-bond donors (Lipinski definition) is 1. The van der Waals surface area contributed by atoms with Gasteiger partial charge in [-0.2, -0.15) is 5.10 Å². The van der Waals surface area contributed by atoms with E-state index in [4.69, 9.17) is 9.52 Å². The van der Waals surface area contributed by atoms with E-state index in [1.54, 1.807) is 7.05 Å². The summed E-state index contributed by atoms with van der Waals surface area (Å²) in [4.78, 5) is 14.2. The van der Waals surface area contributed by atoms with Crippen LogP contribution in [0.3, 0.4) is 0 Å². The summed E-state index contributed by atoms with van der Waals surface area (Å²) < 4.78 is 7.74. The average Bonchev–Trinajstić information content (AvgIpc) is 3.42. The molecule has 1 amide bonds. The average molecular weight is 364 g/mol. The zero-order valence-electron chi connectivity index (χ0n) is 15.7. The fourth-order valence-corrected chi connectivity index (χ4v) is 3.64. The third kappa shape index (κ3) is 3.66. The van der Waals surface area contributed by atoms with Crippen LogP contribution in [0.25, 0.3) is 17.1 Å². The number of furan rings is 1. The van der Waals surface area contributed by atoms with E-state index in [9.17, 15) is 4.79 Å². The van der Waals surface area contributed by atoms with Crippen molar-refractivity contribution in [1.82, 2.24) is 20.0 Å². The minimum absolute atomic E-state index is 0.0634. The van der Waals surface area contributed by atoms with Gasteiger partial charge in [-0.1, -0.05) is 18.2 Å². The van der Waals surface area contributed by atoms with Crippen molar-refractivity contribution in [2.75, 3.05) is 20.1 Å². The summed E-state index contributed by atoms with van der Waals surface area (Å²) in [7, 11) is 1.70. The second-order valence-corrected chi connectivity index (χ2v) is 7.03. The SMILES string of the molecule is CNC(=O)[C@@H]1CCN(Cc2cn(-c3ccccc3)nc2-c2ccc(C)o2)C1. The molecule has 0 radical (unpaired) electrons. The lowest BCUT2D eigenvalue weighted by molar-refractivity contribution is -0.124. The molecule has 6 heteroatoms. The maximum atomic E-state index is 11.9. The van der Waals surface area contributed by atoms with E-state index in [-0.39, 0.29) is 11.8 Å². The molecule has 0 bridgehead atoms. The number of likely N-dealkylation sites (tertiary alicyclic amines) is 1. The Hall–Kier alpha value is -2.86. The zero-order chi connectivity index (χ0) is 18.8. The number of benzene rings is 1. The Morgan fingerprint density at radius 2 is 2.07 bits per heavy atom.